The molecular weight excluding hydrogens is 362 g/mol. The van der Waals surface area contributed by atoms with Gasteiger partial charge in [0.25, 0.3) is 0 Å². The van der Waals surface area contributed by atoms with Crippen LogP contribution in [-0.4, -0.2) is 39.2 Å². The summed E-state index contributed by atoms with van der Waals surface area (Å²) in [4.78, 5) is 15.9. The van der Waals surface area contributed by atoms with Crippen molar-refractivity contribution >= 4 is 17.4 Å². The molecule has 3 heterocycles. The fraction of sp³-hybridized carbons (Fsp3) is 0.550. The smallest absolute Gasteiger partial charge is 0.153 e. The van der Waals surface area contributed by atoms with E-state index in [0.717, 1.165) is 48.7 Å². The first-order valence-corrected chi connectivity index (χ1v) is 9.75. The van der Waals surface area contributed by atoms with Gasteiger partial charge in [-0.3, -0.25) is 4.98 Å². The van der Waals surface area contributed by atoms with Crippen LogP contribution in [0.1, 0.15) is 43.8 Å². The van der Waals surface area contributed by atoms with Gasteiger partial charge in [-0.15, -0.1) is 0 Å². The first-order valence-electron chi connectivity index (χ1n) is 9.37. The third kappa shape index (κ3) is 3.79. The van der Waals surface area contributed by atoms with E-state index in [2.05, 4.69) is 23.7 Å². The molecule has 27 heavy (non-hydrogen) atoms. The van der Waals surface area contributed by atoms with Crippen LogP contribution in [0.3, 0.4) is 0 Å². The Morgan fingerprint density at radius 1 is 1.26 bits per heavy atom. The molecule has 0 saturated carbocycles. The maximum atomic E-state index is 9.93. The van der Waals surface area contributed by atoms with Gasteiger partial charge in [-0.05, 0) is 45.1 Å². The molecule has 3 N–H and O–H groups in total. The van der Waals surface area contributed by atoms with Gasteiger partial charge in [-0.1, -0.05) is 18.5 Å². The maximum absolute atomic E-state index is 9.93. The van der Waals surface area contributed by atoms with Crippen LogP contribution in [0, 0.1) is 19.3 Å². The number of hydrogen-bond acceptors (Lipinski definition) is 6. The number of aliphatic hydroxyl groups is 1. The monoisotopic (exact) mass is 389 g/mol. The van der Waals surface area contributed by atoms with Crippen LogP contribution in [0.5, 0.6) is 0 Å². The van der Waals surface area contributed by atoms with Gasteiger partial charge >= 0.3 is 0 Å². The molecule has 0 aromatic carbocycles. The van der Waals surface area contributed by atoms with Crippen molar-refractivity contribution in [2.45, 2.75) is 53.2 Å². The van der Waals surface area contributed by atoms with Crippen molar-refractivity contribution in [3.63, 3.8) is 0 Å². The topological polar surface area (TPSA) is 88.2 Å². The third-order valence-electron chi connectivity index (χ3n) is 5.89. The van der Waals surface area contributed by atoms with E-state index in [-0.39, 0.29) is 18.1 Å². The molecule has 2 aromatic rings. The van der Waals surface area contributed by atoms with Crippen molar-refractivity contribution in [3.05, 3.63) is 34.4 Å². The minimum atomic E-state index is -0.168. The molecule has 3 rings (SSSR count). The highest BCUT2D eigenvalue weighted by Crippen LogP contribution is 2.37. The van der Waals surface area contributed by atoms with E-state index in [1.807, 2.05) is 19.9 Å². The highest BCUT2D eigenvalue weighted by Gasteiger charge is 2.34. The van der Waals surface area contributed by atoms with Crippen molar-refractivity contribution in [2.24, 2.45) is 11.1 Å². The molecule has 0 spiro atoms. The van der Waals surface area contributed by atoms with Gasteiger partial charge in [0.2, 0.25) is 0 Å². The zero-order valence-corrected chi connectivity index (χ0v) is 17.2. The van der Waals surface area contributed by atoms with Crippen molar-refractivity contribution in [2.75, 3.05) is 18.0 Å². The Kier molecular flexibility index (Phi) is 5.70. The molecule has 0 amide bonds. The number of piperidine rings is 1. The zero-order chi connectivity index (χ0) is 19.8. The Morgan fingerprint density at radius 3 is 2.52 bits per heavy atom. The number of rotatable bonds is 4. The molecule has 1 saturated heterocycles. The number of aliphatic hydroxyl groups excluding tert-OH is 1. The lowest BCUT2D eigenvalue weighted by Gasteiger charge is -2.42. The normalized spacial score (nSPS) is 17.8. The number of aromatic nitrogens is 3. The van der Waals surface area contributed by atoms with Crippen LogP contribution >= 0.6 is 11.6 Å². The molecule has 1 atom stereocenters. The standard InChI is InChI=1S/C20H28ClN5O/c1-12-17(21)15(5-8-23-12)18-13(2)24-19(16(11-27)25-18)26-9-6-20(4,7-10-26)14(3)22/h5,8,14,27H,6-7,9-11,22H2,1-4H3/t14-/m0/s1. The van der Waals surface area contributed by atoms with E-state index in [1.54, 1.807) is 6.20 Å². The second-order valence-electron chi connectivity index (χ2n) is 7.77. The minimum Gasteiger partial charge on any atom is -0.390 e. The van der Waals surface area contributed by atoms with Crippen molar-refractivity contribution in [1.82, 2.24) is 15.0 Å². The van der Waals surface area contributed by atoms with Crippen LogP contribution in [0.15, 0.2) is 12.3 Å². The average molecular weight is 390 g/mol. The summed E-state index contributed by atoms with van der Waals surface area (Å²) >= 11 is 6.43. The number of nitrogens with zero attached hydrogens (tertiary/aromatic N) is 4. The SMILES string of the molecule is Cc1nc(N2CCC(C)([C@H](C)N)CC2)c(CO)nc1-c1ccnc(C)c1Cl. The molecule has 0 aliphatic carbocycles. The summed E-state index contributed by atoms with van der Waals surface area (Å²) in [5, 5.41) is 10.5. The van der Waals surface area contributed by atoms with Gasteiger partial charge in [0, 0.05) is 30.9 Å². The van der Waals surface area contributed by atoms with Crippen LogP contribution in [0.4, 0.5) is 5.82 Å². The molecular formula is C20H28ClN5O. The summed E-state index contributed by atoms with van der Waals surface area (Å²) in [6, 6.07) is 1.99. The number of anilines is 1. The van der Waals surface area contributed by atoms with Crippen LogP contribution < -0.4 is 10.6 Å². The van der Waals surface area contributed by atoms with Gasteiger partial charge in [-0.25, -0.2) is 9.97 Å². The number of pyridine rings is 1. The van der Waals surface area contributed by atoms with E-state index < -0.39 is 0 Å². The number of hydrogen-bond donors (Lipinski definition) is 2. The van der Waals surface area contributed by atoms with E-state index >= 15 is 0 Å². The summed E-state index contributed by atoms with van der Waals surface area (Å²) in [7, 11) is 0. The molecule has 1 fully saturated rings. The first kappa shape index (κ1) is 20.0. The fourth-order valence-corrected chi connectivity index (χ4v) is 3.77. The first-order chi connectivity index (χ1) is 12.8. The van der Waals surface area contributed by atoms with Crippen LogP contribution in [0.2, 0.25) is 5.02 Å². The number of nitrogens with two attached hydrogens (primary N) is 1. The largest absolute Gasteiger partial charge is 0.390 e. The summed E-state index contributed by atoms with van der Waals surface area (Å²) < 4.78 is 0. The summed E-state index contributed by atoms with van der Waals surface area (Å²) in [6.45, 7) is 9.65. The third-order valence-corrected chi connectivity index (χ3v) is 6.37. The molecule has 146 valence electrons. The summed E-state index contributed by atoms with van der Waals surface area (Å²) in [5.41, 5.74) is 9.90. The summed E-state index contributed by atoms with van der Waals surface area (Å²) in [6.07, 6.45) is 3.70. The summed E-state index contributed by atoms with van der Waals surface area (Å²) in [5.74, 6) is 0.757. The Labute approximate surface area is 165 Å². The maximum Gasteiger partial charge on any atom is 0.153 e. The van der Waals surface area contributed by atoms with Gasteiger partial charge in [0.15, 0.2) is 5.82 Å². The zero-order valence-electron chi connectivity index (χ0n) is 16.5. The van der Waals surface area contributed by atoms with Gasteiger partial charge in [0.1, 0.15) is 5.69 Å². The van der Waals surface area contributed by atoms with Crippen LogP contribution in [-0.2, 0) is 6.61 Å². The van der Waals surface area contributed by atoms with Crippen molar-refractivity contribution in [1.29, 1.82) is 0 Å². The lowest BCUT2D eigenvalue weighted by Crippen LogP contribution is -2.47. The molecule has 7 heteroatoms. The Bertz CT molecular complexity index is 831. The quantitative estimate of drug-likeness (QED) is 0.834. The number of aryl methyl sites for hydroxylation is 2. The molecule has 0 radical (unpaired) electrons. The van der Waals surface area contributed by atoms with Crippen molar-refractivity contribution < 1.29 is 5.11 Å². The molecule has 1 aliphatic rings. The van der Waals surface area contributed by atoms with E-state index in [4.69, 9.17) is 27.3 Å². The van der Waals surface area contributed by atoms with E-state index in [0.29, 0.717) is 16.4 Å². The average Bonchev–Trinajstić information content (AvgIpc) is 2.64. The van der Waals surface area contributed by atoms with Gasteiger partial charge < -0.3 is 15.7 Å². The Hall–Kier alpha value is -1.76. The van der Waals surface area contributed by atoms with E-state index in [1.165, 1.54) is 0 Å². The van der Waals surface area contributed by atoms with Crippen molar-refractivity contribution in [3.8, 4) is 11.3 Å². The highest BCUT2D eigenvalue weighted by molar-refractivity contribution is 6.33. The predicted octanol–water partition coefficient (Wildman–Crippen LogP) is 3.25. The molecule has 1 aliphatic heterocycles. The fourth-order valence-electron chi connectivity index (χ4n) is 3.57. The number of halogens is 1. The highest BCUT2D eigenvalue weighted by atomic mass is 35.5. The molecule has 6 nitrogen and oxygen atoms in total. The lowest BCUT2D eigenvalue weighted by atomic mass is 9.75. The Morgan fingerprint density at radius 2 is 1.93 bits per heavy atom. The predicted molar refractivity (Wildman–Crippen MR) is 109 cm³/mol. The van der Waals surface area contributed by atoms with Crippen LogP contribution in [0.25, 0.3) is 11.3 Å². The van der Waals surface area contributed by atoms with Gasteiger partial charge in [-0.2, -0.15) is 0 Å². The van der Waals surface area contributed by atoms with Gasteiger partial charge in [0.05, 0.1) is 28.7 Å². The lowest BCUT2D eigenvalue weighted by molar-refractivity contribution is 0.204. The van der Waals surface area contributed by atoms with E-state index in [9.17, 15) is 5.11 Å². The Balaban J connectivity index is 1.95. The minimum absolute atomic E-state index is 0.139. The molecule has 0 bridgehead atoms. The molecule has 0 unspecified atom stereocenters. The second kappa shape index (κ2) is 7.70. The second-order valence-corrected chi connectivity index (χ2v) is 8.15. The molecule has 2 aromatic heterocycles.